The van der Waals surface area contributed by atoms with Crippen molar-refractivity contribution in [1.82, 2.24) is 25.1 Å². The number of carbonyl (C=O) groups is 1. The second-order valence-electron chi connectivity index (χ2n) is 11.8. The summed E-state index contributed by atoms with van der Waals surface area (Å²) in [5.74, 6) is 1.05. The summed E-state index contributed by atoms with van der Waals surface area (Å²) in [5, 5.41) is 29.0. The molecule has 0 spiro atoms. The van der Waals surface area contributed by atoms with Gasteiger partial charge in [-0.25, -0.2) is 4.98 Å². The molecule has 0 saturated carbocycles. The van der Waals surface area contributed by atoms with Crippen molar-refractivity contribution < 1.29 is 15.0 Å². The quantitative estimate of drug-likeness (QED) is 0.126. The van der Waals surface area contributed by atoms with E-state index in [4.69, 9.17) is 0 Å². The number of hydrogen-bond donors (Lipinski definition) is 5. The van der Waals surface area contributed by atoms with Crippen molar-refractivity contribution in [1.29, 1.82) is 0 Å². The fourth-order valence-corrected chi connectivity index (χ4v) is 5.81. The predicted octanol–water partition coefficient (Wildman–Crippen LogP) is 5.12. The lowest BCUT2D eigenvalue weighted by Gasteiger charge is -2.30. The van der Waals surface area contributed by atoms with Crippen LogP contribution in [0.1, 0.15) is 88.9 Å². The Bertz CT molecular complexity index is 1250. The van der Waals surface area contributed by atoms with Crippen LogP contribution in [0, 0.1) is 5.92 Å². The van der Waals surface area contributed by atoms with Gasteiger partial charge >= 0.3 is 0 Å². The average Bonchev–Trinajstić information content (AvgIpc) is 3.34. The Hall–Kier alpha value is -2.98. The molecule has 230 valence electrons. The number of aliphatic hydroxyl groups is 2. The highest BCUT2D eigenvalue weighted by Crippen LogP contribution is 2.30. The Morgan fingerprint density at radius 3 is 2.71 bits per heavy atom. The first-order chi connectivity index (χ1) is 20.3. The van der Waals surface area contributed by atoms with Crippen molar-refractivity contribution in [2.24, 2.45) is 5.92 Å². The normalized spacial score (nSPS) is 18.8. The molecule has 0 fully saturated rings. The van der Waals surface area contributed by atoms with Crippen molar-refractivity contribution in [3.8, 4) is 0 Å². The monoisotopic (exact) mass is 578 g/mol. The number of nitrogens with zero attached hydrogens (tertiary/aromatic N) is 3. The van der Waals surface area contributed by atoms with Crippen LogP contribution in [-0.4, -0.2) is 68.3 Å². The van der Waals surface area contributed by atoms with Crippen molar-refractivity contribution >= 4 is 22.6 Å². The van der Waals surface area contributed by atoms with E-state index in [2.05, 4.69) is 45.4 Å². The van der Waals surface area contributed by atoms with E-state index in [1.54, 1.807) is 0 Å². The molecule has 3 aromatic rings. The molecule has 0 aliphatic carbocycles. The number of fused-ring (bicyclic) bond motifs is 2. The van der Waals surface area contributed by atoms with E-state index in [1.807, 2.05) is 55.3 Å². The summed E-state index contributed by atoms with van der Waals surface area (Å²) in [6, 6.07) is 13.9. The van der Waals surface area contributed by atoms with Crippen LogP contribution < -0.4 is 10.6 Å². The molecule has 4 rings (SSSR count). The number of anilines is 1. The number of H-pyrrole nitrogens is 1. The molecule has 4 atom stereocenters. The SMILES string of the molecule is CCC[C@@H](C)C(=O)NCCCCCCN1Cc2cc([C@H](O)N(C)Cc3nc4ccccc4[nH]3)ccc2N[C@@H](CC)[C@@H]1O. The minimum Gasteiger partial charge on any atom is -0.378 e. The van der Waals surface area contributed by atoms with E-state index >= 15 is 0 Å². The molecule has 0 radical (unpaired) electrons. The number of benzene rings is 2. The number of imidazole rings is 1. The van der Waals surface area contributed by atoms with Gasteiger partial charge in [-0.05, 0) is 68.1 Å². The van der Waals surface area contributed by atoms with Gasteiger partial charge in [0.05, 0.1) is 23.6 Å². The molecule has 1 amide bonds. The van der Waals surface area contributed by atoms with Gasteiger partial charge in [0.1, 0.15) is 18.3 Å². The molecular weight excluding hydrogens is 528 g/mol. The topological polar surface area (TPSA) is 117 Å². The number of hydrogen-bond acceptors (Lipinski definition) is 7. The van der Waals surface area contributed by atoms with Crippen molar-refractivity contribution in [3.63, 3.8) is 0 Å². The number of aliphatic hydroxyl groups excluding tert-OH is 2. The van der Waals surface area contributed by atoms with Crippen LogP contribution in [0.5, 0.6) is 0 Å². The average molecular weight is 579 g/mol. The molecule has 9 heteroatoms. The van der Waals surface area contributed by atoms with E-state index in [0.717, 1.165) is 91.7 Å². The summed E-state index contributed by atoms with van der Waals surface area (Å²) in [6.45, 7) is 8.79. The summed E-state index contributed by atoms with van der Waals surface area (Å²) in [7, 11) is 1.89. The van der Waals surface area contributed by atoms with E-state index in [9.17, 15) is 15.0 Å². The number of para-hydroxylation sites is 2. The predicted molar refractivity (Wildman–Crippen MR) is 169 cm³/mol. The van der Waals surface area contributed by atoms with E-state index < -0.39 is 12.5 Å². The molecule has 0 saturated heterocycles. The highest BCUT2D eigenvalue weighted by Gasteiger charge is 2.29. The standard InChI is InChI=1S/C33H50N6O3/c1-5-13-23(3)31(40)34-18-11-7-8-12-19-39-21-25-20-24(16-17-27(25)35-26(6-2)33(39)42)32(41)38(4)22-30-36-28-14-9-10-15-29(28)37-30/h9-10,14-17,20,23,26,32-33,35,41-42H,5-8,11-13,18-19,21-22H2,1-4H3,(H,34,40)(H,36,37)/t23-,26+,32+,33+/m1/s1. The Balaban J connectivity index is 1.32. The number of nitrogens with one attached hydrogen (secondary N) is 3. The summed E-state index contributed by atoms with van der Waals surface area (Å²) in [5.41, 5.74) is 4.79. The number of amides is 1. The van der Waals surface area contributed by atoms with Gasteiger partial charge in [0.15, 0.2) is 0 Å². The van der Waals surface area contributed by atoms with Crippen molar-refractivity contribution in [2.75, 3.05) is 25.5 Å². The van der Waals surface area contributed by atoms with E-state index in [0.29, 0.717) is 13.1 Å². The Morgan fingerprint density at radius 1 is 1.17 bits per heavy atom. The summed E-state index contributed by atoms with van der Waals surface area (Å²) >= 11 is 0. The molecule has 1 aromatic heterocycles. The number of aromatic amines is 1. The van der Waals surface area contributed by atoms with Crippen LogP contribution in [0.15, 0.2) is 42.5 Å². The van der Waals surface area contributed by atoms with E-state index in [1.165, 1.54) is 0 Å². The second-order valence-corrected chi connectivity index (χ2v) is 11.8. The molecule has 42 heavy (non-hydrogen) atoms. The molecule has 0 bridgehead atoms. The Kier molecular flexibility index (Phi) is 11.8. The minimum absolute atomic E-state index is 0.0712. The number of rotatable bonds is 15. The van der Waals surface area contributed by atoms with Crippen LogP contribution in [0.25, 0.3) is 11.0 Å². The number of unbranched alkanes of at least 4 members (excludes halogenated alkanes) is 3. The molecule has 5 N–H and O–H groups in total. The lowest BCUT2D eigenvalue weighted by molar-refractivity contribution is -0.124. The lowest BCUT2D eigenvalue weighted by Crippen LogP contribution is -2.44. The third kappa shape index (κ3) is 8.31. The van der Waals surface area contributed by atoms with Gasteiger partial charge in [-0.3, -0.25) is 14.6 Å². The molecule has 9 nitrogen and oxygen atoms in total. The maximum absolute atomic E-state index is 12.1. The minimum atomic E-state index is -0.794. The first-order valence-corrected chi connectivity index (χ1v) is 15.7. The van der Waals surface area contributed by atoms with Crippen LogP contribution in [0.3, 0.4) is 0 Å². The summed E-state index contributed by atoms with van der Waals surface area (Å²) in [4.78, 5) is 24.1. The Morgan fingerprint density at radius 2 is 1.95 bits per heavy atom. The molecule has 0 unspecified atom stereocenters. The van der Waals surface area contributed by atoms with E-state index in [-0.39, 0.29) is 17.9 Å². The first kappa shape index (κ1) is 31.9. The Labute approximate surface area is 250 Å². The maximum Gasteiger partial charge on any atom is 0.222 e. The molecular formula is C33H50N6O3. The van der Waals surface area contributed by atoms with Crippen molar-refractivity contribution in [3.05, 3.63) is 59.4 Å². The molecule has 1 aliphatic rings. The molecule has 2 heterocycles. The number of carbonyl (C=O) groups excluding carboxylic acids is 1. The lowest BCUT2D eigenvalue weighted by atomic mass is 10.1. The van der Waals surface area contributed by atoms with Gasteiger partial charge in [-0.1, -0.05) is 58.2 Å². The number of aromatic nitrogens is 2. The largest absolute Gasteiger partial charge is 0.378 e. The highest BCUT2D eigenvalue weighted by atomic mass is 16.3. The van der Waals surface area contributed by atoms with Gasteiger partial charge in [0.25, 0.3) is 0 Å². The zero-order chi connectivity index (χ0) is 30.1. The smallest absolute Gasteiger partial charge is 0.222 e. The van der Waals surface area contributed by atoms with Crippen LogP contribution in [0.4, 0.5) is 5.69 Å². The van der Waals surface area contributed by atoms with Gasteiger partial charge in [-0.2, -0.15) is 0 Å². The second kappa shape index (κ2) is 15.5. The van der Waals surface area contributed by atoms with Gasteiger partial charge in [-0.15, -0.1) is 0 Å². The molecule has 2 aromatic carbocycles. The maximum atomic E-state index is 12.1. The van der Waals surface area contributed by atoms with Crippen LogP contribution in [-0.2, 0) is 17.9 Å². The first-order valence-electron chi connectivity index (χ1n) is 15.7. The van der Waals surface area contributed by atoms with Crippen molar-refractivity contribution in [2.45, 2.75) is 97.3 Å². The third-order valence-electron chi connectivity index (χ3n) is 8.41. The van der Waals surface area contributed by atoms with Gasteiger partial charge in [0, 0.05) is 31.2 Å². The zero-order valence-electron chi connectivity index (χ0n) is 25.8. The van der Waals surface area contributed by atoms with Gasteiger partial charge in [0.2, 0.25) is 5.91 Å². The van der Waals surface area contributed by atoms with Crippen LogP contribution in [0.2, 0.25) is 0 Å². The third-order valence-corrected chi connectivity index (χ3v) is 8.41. The van der Waals surface area contributed by atoms with Gasteiger partial charge < -0.3 is 25.8 Å². The summed E-state index contributed by atoms with van der Waals surface area (Å²) in [6.07, 6.45) is 5.42. The van der Waals surface area contributed by atoms with Crippen LogP contribution >= 0.6 is 0 Å². The fourth-order valence-electron chi connectivity index (χ4n) is 5.81. The highest BCUT2D eigenvalue weighted by molar-refractivity contribution is 5.78. The fraction of sp³-hybridized carbons (Fsp3) is 0.576. The zero-order valence-corrected chi connectivity index (χ0v) is 25.8. The molecule has 1 aliphatic heterocycles. The summed E-state index contributed by atoms with van der Waals surface area (Å²) < 4.78 is 0.